The van der Waals surface area contributed by atoms with Gasteiger partial charge in [-0.2, -0.15) is 0 Å². The Bertz CT molecular complexity index is 1010. The Labute approximate surface area is 237 Å². The first-order valence-electron chi connectivity index (χ1n) is 14.0. The van der Waals surface area contributed by atoms with Crippen LogP contribution in [0, 0.1) is 0 Å². The summed E-state index contributed by atoms with van der Waals surface area (Å²) in [5.74, 6) is -0.770. The number of rotatable bonds is 9. The van der Waals surface area contributed by atoms with Gasteiger partial charge in [-0.25, -0.2) is 4.79 Å². The molecule has 3 rings (SSSR count). The molecule has 1 aromatic rings. The molecular weight excluding hydrogens is 508 g/mol. The van der Waals surface area contributed by atoms with Crippen LogP contribution in [0.15, 0.2) is 49.6 Å². The Hall–Kier alpha value is -2.13. The van der Waals surface area contributed by atoms with E-state index in [-0.39, 0.29) is 35.4 Å². The number of anilines is 1. The highest BCUT2D eigenvalue weighted by atomic mass is 28.4. The number of nitrogens with zero attached hydrogens (tertiary/aromatic N) is 2. The van der Waals surface area contributed by atoms with Crippen LogP contribution in [-0.4, -0.2) is 68.6 Å². The average molecular weight is 559 g/mol. The molecule has 2 saturated heterocycles. The number of hydrogen-bond donors (Lipinski definition) is 0. The second kappa shape index (κ2) is 11.4. The zero-order chi connectivity index (χ0) is 29.4. The summed E-state index contributed by atoms with van der Waals surface area (Å²) in [6.45, 7) is 30.1. The first kappa shape index (κ1) is 31.4. The fourth-order valence-corrected chi connectivity index (χ4v) is 5.98. The van der Waals surface area contributed by atoms with Gasteiger partial charge in [0.15, 0.2) is 14.1 Å². The van der Waals surface area contributed by atoms with Crippen molar-refractivity contribution in [3.8, 4) is 0 Å². The summed E-state index contributed by atoms with van der Waals surface area (Å²) in [5, 5.41) is 0.0338. The van der Waals surface area contributed by atoms with E-state index in [0.29, 0.717) is 19.7 Å². The normalized spacial score (nSPS) is 24.8. The number of carbonyl (C=O) groups is 1. The van der Waals surface area contributed by atoms with Crippen molar-refractivity contribution < 1.29 is 23.4 Å². The second-order valence-corrected chi connectivity index (χ2v) is 18.4. The standard InChI is InChI=1S/C31H50N2O5Si/c1-13-19-32(20-14-2)23-17-15-22(16-18-23)25-27-26(36-31(9,10)37-27)24(21-35-39(11,12)30(6,7)8)33(25)28(34)38-29(3,4)5/h13-18,24-27H,1-2,19-21H2,3-12H3/t24-,25+,26-,27+/m1/s1. The highest BCUT2D eigenvalue weighted by Crippen LogP contribution is 2.48. The third-order valence-corrected chi connectivity index (χ3v) is 12.3. The van der Waals surface area contributed by atoms with E-state index in [0.717, 1.165) is 11.3 Å². The van der Waals surface area contributed by atoms with Crippen molar-refractivity contribution in [2.24, 2.45) is 0 Å². The van der Waals surface area contributed by atoms with Gasteiger partial charge in [0.25, 0.3) is 0 Å². The Balaban J connectivity index is 2.04. The van der Waals surface area contributed by atoms with Crippen LogP contribution in [0.25, 0.3) is 0 Å². The van der Waals surface area contributed by atoms with E-state index in [1.807, 2.05) is 51.7 Å². The summed E-state index contributed by atoms with van der Waals surface area (Å²) in [4.78, 5) is 17.8. The molecule has 8 heteroatoms. The maximum absolute atomic E-state index is 13.8. The van der Waals surface area contributed by atoms with Crippen molar-refractivity contribution in [3.05, 3.63) is 55.1 Å². The smallest absolute Gasteiger partial charge is 0.411 e. The third-order valence-electron chi connectivity index (χ3n) is 7.84. The van der Waals surface area contributed by atoms with E-state index in [4.69, 9.17) is 18.6 Å². The number of carbonyl (C=O) groups excluding carboxylic acids is 1. The Morgan fingerprint density at radius 2 is 1.56 bits per heavy atom. The van der Waals surface area contributed by atoms with Gasteiger partial charge in [-0.3, -0.25) is 4.90 Å². The molecule has 0 aliphatic carbocycles. The lowest BCUT2D eigenvalue weighted by Crippen LogP contribution is -2.50. The molecule has 0 saturated carbocycles. The van der Waals surface area contributed by atoms with E-state index in [9.17, 15) is 4.79 Å². The van der Waals surface area contributed by atoms with Gasteiger partial charge in [-0.05, 0) is 70.4 Å². The molecule has 39 heavy (non-hydrogen) atoms. The molecule has 7 nitrogen and oxygen atoms in total. The summed E-state index contributed by atoms with van der Waals surface area (Å²) >= 11 is 0. The van der Waals surface area contributed by atoms with E-state index in [1.165, 1.54) is 0 Å². The molecule has 1 aromatic carbocycles. The van der Waals surface area contributed by atoms with Crippen LogP contribution < -0.4 is 4.90 Å². The highest BCUT2D eigenvalue weighted by molar-refractivity contribution is 6.74. The van der Waals surface area contributed by atoms with Gasteiger partial charge < -0.3 is 23.5 Å². The molecule has 0 aromatic heterocycles. The van der Waals surface area contributed by atoms with Crippen molar-refractivity contribution in [3.63, 3.8) is 0 Å². The number of hydrogen-bond acceptors (Lipinski definition) is 6. The number of amides is 1. The first-order chi connectivity index (χ1) is 17.9. The minimum Gasteiger partial charge on any atom is -0.444 e. The molecule has 0 N–H and O–H groups in total. The Morgan fingerprint density at radius 3 is 2.05 bits per heavy atom. The van der Waals surface area contributed by atoms with E-state index < -0.39 is 19.7 Å². The topological polar surface area (TPSA) is 60.5 Å². The zero-order valence-electron chi connectivity index (χ0n) is 25.7. The number of fused-ring (bicyclic) bond motifs is 1. The van der Waals surface area contributed by atoms with Crippen LogP contribution in [0.1, 0.15) is 67.0 Å². The molecule has 0 bridgehead atoms. The fraction of sp³-hybridized carbons (Fsp3) is 0.645. The fourth-order valence-electron chi connectivity index (χ4n) is 4.96. The summed E-state index contributed by atoms with van der Waals surface area (Å²) < 4.78 is 25.6. The minimum absolute atomic E-state index is 0.0338. The van der Waals surface area contributed by atoms with Gasteiger partial charge in [-0.1, -0.05) is 45.1 Å². The molecule has 0 spiro atoms. The van der Waals surface area contributed by atoms with Crippen LogP contribution in [0.3, 0.4) is 0 Å². The second-order valence-electron chi connectivity index (χ2n) is 13.6. The first-order valence-corrected chi connectivity index (χ1v) is 16.9. The Kier molecular flexibility index (Phi) is 9.17. The van der Waals surface area contributed by atoms with Crippen LogP contribution in [0.4, 0.5) is 10.5 Å². The molecule has 0 radical (unpaired) electrons. The van der Waals surface area contributed by atoms with Gasteiger partial charge in [0.1, 0.15) is 17.8 Å². The largest absolute Gasteiger partial charge is 0.444 e. The summed E-state index contributed by atoms with van der Waals surface area (Å²) in [6, 6.07) is 7.54. The van der Waals surface area contributed by atoms with E-state index >= 15 is 0 Å². The maximum Gasteiger partial charge on any atom is 0.411 e. The summed E-state index contributed by atoms with van der Waals surface area (Å²) in [7, 11) is -2.10. The lowest BCUT2D eigenvalue weighted by Gasteiger charge is -2.40. The minimum atomic E-state index is -2.10. The highest BCUT2D eigenvalue weighted by Gasteiger charge is 2.60. The predicted molar refractivity (Wildman–Crippen MR) is 161 cm³/mol. The number of likely N-dealkylation sites (tertiary alicyclic amines) is 1. The van der Waals surface area contributed by atoms with Gasteiger partial charge >= 0.3 is 6.09 Å². The summed E-state index contributed by atoms with van der Waals surface area (Å²) in [6.07, 6.45) is 2.66. The summed E-state index contributed by atoms with van der Waals surface area (Å²) in [5.41, 5.74) is 1.37. The molecular formula is C31H50N2O5Si. The Morgan fingerprint density at radius 1 is 1.03 bits per heavy atom. The molecule has 218 valence electrons. The van der Waals surface area contributed by atoms with Gasteiger partial charge in [0.05, 0.1) is 18.7 Å². The molecule has 2 fully saturated rings. The van der Waals surface area contributed by atoms with Crippen LogP contribution in [0.5, 0.6) is 0 Å². The van der Waals surface area contributed by atoms with Gasteiger partial charge in [0.2, 0.25) is 0 Å². The third kappa shape index (κ3) is 7.15. The van der Waals surface area contributed by atoms with Crippen LogP contribution in [0.2, 0.25) is 18.1 Å². The van der Waals surface area contributed by atoms with Crippen molar-refractivity contribution in [1.82, 2.24) is 4.90 Å². The maximum atomic E-state index is 13.8. The van der Waals surface area contributed by atoms with Crippen molar-refractivity contribution in [1.29, 1.82) is 0 Å². The molecule has 2 heterocycles. The van der Waals surface area contributed by atoms with Crippen LogP contribution in [-0.2, 0) is 18.6 Å². The monoisotopic (exact) mass is 558 g/mol. The lowest BCUT2D eigenvalue weighted by atomic mass is 10.0. The van der Waals surface area contributed by atoms with Crippen molar-refractivity contribution in [2.45, 2.75) is 109 Å². The quantitative estimate of drug-likeness (QED) is 0.239. The number of ether oxygens (including phenoxy) is 3. The molecule has 1 amide bonds. The molecule has 2 aliphatic heterocycles. The van der Waals surface area contributed by atoms with Crippen molar-refractivity contribution in [2.75, 3.05) is 24.6 Å². The SMILES string of the molecule is C=CCN(CC=C)c1ccc([C@H]2[C@@H]3OC(C)(C)O[C@@H]3[C@@H](CO[Si](C)(C)C(C)(C)C)N2C(=O)OC(C)(C)C)cc1. The van der Waals surface area contributed by atoms with Gasteiger partial charge in [0, 0.05) is 18.8 Å². The van der Waals surface area contributed by atoms with E-state index in [2.05, 4.69) is 76.2 Å². The number of benzene rings is 1. The average Bonchev–Trinajstić information content (AvgIpc) is 3.25. The zero-order valence-corrected chi connectivity index (χ0v) is 26.7. The van der Waals surface area contributed by atoms with Crippen molar-refractivity contribution >= 4 is 20.1 Å². The lowest BCUT2D eigenvalue weighted by molar-refractivity contribution is -0.168. The van der Waals surface area contributed by atoms with Crippen LogP contribution >= 0.6 is 0 Å². The molecule has 0 unspecified atom stereocenters. The molecule has 4 atom stereocenters. The van der Waals surface area contributed by atoms with E-state index in [1.54, 1.807) is 0 Å². The molecule has 2 aliphatic rings. The predicted octanol–water partition coefficient (Wildman–Crippen LogP) is 7.07. The van der Waals surface area contributed by atoms with Gasteiger partial charge in [-0.15, -0.1) is 13.2 Å².